The van der Waals surface area contributed by atoms with Gasteiger partial charge in [-0.05, 0) is 32.9 Å². The average Bonchev–Trinajstić information content (AvgIpc) is 2.35. The molecular weight excluding hydrogens is 232 g/mol. The van der Waals surface area contributed by atoms with Crippen LogP contribution >= 0.6 is 0 Å². The standard InChI is InChI=1S/C14H18O4/c1-10(15)11-6-5-7-12(8-11)18-9-14(2,3)13(16)17-4/h5-8H,9H2,1-4H3. The van der Waals surface area contributed by atoms with E-state index >= 15 is 0 Å². The number of esters is 1. The Morgan fingerprint density at radius 3 is 2.50 bits per heavy atom. The van der Waals surface area contributed by atoms with Crippen LogP contribution in [-0.2, 0) is 9.53 Å². The summed E-state index contributed by atoms with van der Waals surface area (Å²) in [7, 11) is 1.35. The van der Waals surface area contributed by atoms with Crippen LogP contribution in [0.1, 0.15) is 31.1 Å². The quantitative estimate of drug-likeness (QED) is 0.595. The summed E-state index contributed by atoms with van der Waals surface area (Å²) < 4.78 is 10.2. The molecule has 0 bridgehead atoms. The Morgan fingerprint density at radius 1 is 1.28 bits per heavy atom. The third kappa shape index (κ3) is 3.58. The van der Waals surface area contributed by atoms with Crippen LogP contribution in [0.15, 0.2) is 24.3 Å². The van der Waals surface area contributed by atoms with E-state index in [-0.39, 0.29) is 18.4 Å². The number of carbonyl (C=O) groups is 2. The molecule has 0 spiro atoms. The smallest absolute Gasteiger partial charge is 0.314 e. The first-order valence-corrected chi connectivity index (χ1v) is 5.69. The summed E-state index contributed by atoms with van der Waals surface area (Å²) in [4.78, 5) is 22.7. The lowest BCUT2D eigenvalue weighted by Crippen LogP contribution is -2.32. The van der Waals surface area contributed by atoms with E-state index in [0.717, 1.165) is 0 Å². The topological polar surface area (TPSA) is 52.6 Å². The fraction of sp³-hybridized carbons (Fsp3) is 0.429. The van der Waals surface area contributed by atoms with Crippen molar-refractivity contribution in [1.29, 1.82) is 0 Å². The van der Waals surface area contributed by atoms with Crippen LogP contribution in [0.2, 0.25) is 0 Å². The molecule has 0 fully saturated rings. The second-order valence-corrected chi connectivity index (χ2v) is 4.75. The summed E-state index contributed by atoms with van der Waals surface area (Å²) in [6, 6.07) is 6.88. The van der Waals surface area contributed by atoms with E-state index in [0.29, 0.717) is 11.3 Å². The Bertz CT molecular complexity index is 449. The zero-order valence-electron chi connectivity index (χ0n) is 11.1. The zero-order valence-corrected chi connectivity index (χ0v) is 11.1. The lowest BCUT2D eigenvalue weighted by atomic mass is 9.95. The van der Waals surface area contributed by atoms with Crippen molar-refractivity contribution in [3.8, 4) is 5.75 Å². The van der Waals surface area contributed by atoms with Crippen molar-refractivity contribution >= 4 is 11.8 Å². The van der Waals surface area contributed by atoms with Crippen molar-refractivity contribution in [3.05, 3.63) is 29.8 Å². The maximum absolute atomic E-state index is 11.5. The van der Waals surface area contributed by atoms with Crippen molar-refractivity contribution in [2.45, 2.75) is 20.8 Å². The number of hydrogen-bond acceptors (Lipinski definition) is 4. The minimum Gasteiger partial charge on any atom is -0.492 e. The second kappa shape index (κ2) is 5.67. The molecule has 18 heavy (non-hydrogen) atoms. The first-order chi connectivity index (χ1) is 8.36. The molecular formula is C14H18O4. The van der Waals surface area contributed by atoms with E-state index in [4.69, 9.17) is 9.47 Å². The fourth-order valence-electron chi connectivity index (χ4n) is 1.40. The number of Topliss-reactive ketones (excluding diaryl/α,β-unsaturated/α-hetero) is 1. The zero-order chi connectivity index (χ0) is 13.8. The number of rotatable bonds is 5. The molecule has 0 aromatic heterocycles. The van der Waals surface area contributed by atoms with Gasteiger partial charge in [-0.25, -0.2) is 0 Å². The highest BCUT2D eigenvalue weighted by molar-refractivity contribution is 5.94. The molecule has 1 rings (SSSR count). The summed E-state index contributed by atoms with van der Waals surface area (Å²) >= 11 is 0. The highest BCUT2D eigenvalue weighted by Gasteiger charge is 2.29. The SMILES string of the molecule is COC(=O)C(C)(C)COc1cccc(C(C)=O)c1. The van der Waals surface area contributed by atoms with E-state index in [9.17, 15) is 9.59 Å². The first-order valence-electron chi connectivity index (χ1n) is 5.69. The van der Waals surface area contributed by atoms with Crippen LogP contribution in [0.4, 0.5) is 0 Å². The normalized spacial score (nSPS) is 10.9. The van der Waals surface area contributed by atoms with Gasteiger partial charge in [-0.15, -0.1) is 0 Å². The predicted molar refractivity (Wildman–Crippen MR) is 67.7 cm³/mol. The maximum Gasteiger partial charge on any atom is 0.314 e. The molecule has 0 saturated heterocycles. The van der Waals surface area contributed by atoms with E-state index in [1.165, 1.54) is 14.0 Å². The Balaban J connectivity index is 2.72. The lowest BCUT2D eigenvalue weighted by molar-refractivity contribution is -0.152. The molecule has 0 unspecified atom stereocenters. The number of ketones is 1. The molecule has 98 valence electrons. The molecule has 0 aliphatic heterocycles. The van der Waals surface area contributed by atoms with E-state index in [2.05, 4.69) is 0 Å². The molecule has 0 aliphatic rings. The molecule has 1 aromatic rings. The maximum atomic E-state index is 11.5. The Hall–Kier alpha value is -1.84. The highest BCUT2D eigenvalue weighted by Crippen LogP contribution is 2.21. The van der Waals surface area contributed by atoms with Crippen molar-refractivity contribution in [1.82, 2.24) is 0 Å². The highest BCUT2D eigenvalue weighted by atomic mass is 16.5. The number of ether oxygens (including phenoxy) is 2. The molecule has 0 N–H and O–H groups in total. The van der Waals surface area contributed by atoms with Crippen molar-refractivity contribution < 1.29 is 19.1 Å². The largest absolute Gasteiger partial charge is 0.492 e. The van der Waals surface area contributed by atoms with Crippen LogP contribution in [0, 0.1) is 5.41 Å². The minimum absolute atomic E-state index is 0.0207. The molecule has 0 atom stereocenters. The summed E-state index contributed by atoms with van der Waals surface area (Å²) in [5.74, 6) is 0.220. The van der Waals surface area contributed by atoms with Crippen LogP contribution in [0.3, 0.4) is 0 Å². The number of benzene rings is 1. The van der Waals surface area contributed by atoms with Crippen molar-refractivity contribution in [2.75, 3.05) is 13.7 Å². The molecule has 0 amide bonds. The van der Waals surface area contributed by atoms with Crippen LogP contribution in [-0.4, -0.2) is 25.5 Å². The number of hydrogen-bond donors (Lipinski definition) is 0. The molecule has 4 heteroatoms. The third-order valence-electron chi connectivity index (χ3n) is 2.58. The van der Waals surface area contributed by atoms with Gasteiger partial charge in [-0.3, -0.25) is 9.59 Å². The summed E-state index contributed by atoms with van der Waals surface area (Å²) in [5.41, 5.74) is -0.135. The average molecular weight is 250 g/mol. The van der Waals surface area contributed by atoms with Gasteiger partial charge in [0.25, 0.3) is 0 Å². The van der Waals surface area contributed by atoms with Crippen LogP contribution in [0.25, 0.3) is 0 Å². The van der Waals surface area contributed by atoms with Crippen LogP contribution in [0.5, 0.6) is 5.75 Å². The van der Waals surface area contributed by atoms with Gasteiger partial charge in [0.15, 0.2) is 5.78 Å². The van der Waals surface area contributed by atoms with Gasteiger partial charge in [0.1, 0.15) is 12.4 Å². The Morgan fingerprint density at radius 2 is 1.94 bits per heavy atom. The summed E-state index contributed by atoms with van der Waals surface area (Å²) in [6.07, 6.45) is 0. The van der Waals surface area contributed by atoms with Gasteiger partial charge >= 0.3 is 5.97 Å². The van der Waals surface area contributed by atoms with E-state index < -0.39 is 5.41 Å². The molecule has 0 radical (unpaired) electrons. The molecule has 0 saturated carbocycles. The summed E-state index contributed by atoms with van der Waals surface area (Å²) in [6.45, 7) is 5.18. The van der Waals surface area contributed by atoms with Gasteiger partial charge in [-0.1, -0.05) is 12.1 Å². The second-order valence-electron chi connectivity index (χ2n) is 4.75. The number of carbonyl (C=O) groups excluding carboxylic acids is 2. The summed E-state index contributed by atoms with van der Waals surface area (Å²) in [5, 5.41) is 0. The van der Waals surface area contributed by atoms with Gasteiger partial charge in [0.2, 0.25) is 0 Å². The number of methoxy groups -OCH3 is 1. The van der Waals surface area contributed by atoms with E-state index in [1.54, 1.807) is 38.1 Å². The van der Waals surface area contributed by atoms with Crippen molar-refractivity contribution in [3.63, 3.8) is 0 Å². The van der Waals surface area contributed by atoms with Gasteiger partial charge in [-0.2, -0.15) is 0 Å². The lowest BCUT2D eigenvalue weighted by Gasteiger charge is -2.21. The van der Waals surface area contributed by atoms with Crippen molar-refractivity contribution in [2.24, 2.45) is 5.41 Å². The molecule has 4 nitrogen and oxygen atoms in total. The Labute approximate surface area is 107 Å². The van der Waals surface area contributed by atoms with Gasteiger partial charge < -0.3 is 9.47 Å². The monoisotopic (exact) mass is 250 g/mol. The van der Waals surface area contributed by atoms with Gasteiger partial charge in [0.05, 0.1) is 12.5 Å². The van der Waals surface area contributed by atoms with E-state index in [1.807, 2.05) is 0 Å². The van der Waals surface area contributed by atoms with Crippen LogP contribution < -0.4 is 4.74 Å². The first kappa shape index (κ1) is 14.2. The molecule has 0 heterocycles. The Kier molecular flexibility index (Phi) is 4.48. The molecule has 0 aliphatic carbocycles. The molecule has 1 aromatic carbocycles. The predicted octanol–water partition coefficient (Wildman–Crippen LogP) is 2.47. The minimum atomic E-state index is -0.721. The third-order valence-corrected chi connectivity index (χ3v) is 2.58. The van der Waals surface area contributed by atoms with Gasteiger partial charge in [0, 0.05) is 5.56 Å². The fourth-order valence-corrected chi connectivity index (χ4v) is 1.40.